The Labute approximate surface area is 113 Å². The molecule has 0 aliphatic carbocycles. The Hall–Kier alpha value is -2.74. The molecule has 0 aliphatic rings. The Bertz CT molecular complexity index is 636. The Morgan fingerprint density at radius 1 is 1.40 bits per heavy atom. The molecule has 1 aromatic carbocycles. The number of benzene rings is 1. The zero-order chi connectivity index (χ0) is 14.5. The zero-order valence-corrected chi connectivity index (χ0v) is 10.2. The number of hydrazine groups is 1. The van der Waals surface area contributed by atoms with Crippen LogP contribution in [-0.2, 0) is 6.61 Å². The number of nitrogens with zero attached hydrogens (tertiary/aromatic N) is 2. The van der Waals surface area contributed by atoms with Gasteiger partial charge in [0.25, 0.3) is 5.69 Å². The lowest BCUT2D eigenvalue weighted by atomic mass is 10.2. The van der Waals surface area contributed by atoms with Crippen molar-refractivity contribution in [1.29, 1.82) is 0 Å². The van der Waals surface area contributed by atoms with Gasteiger partial charge in [0, 0.05) is 12.3 Å². The fourth-order valence-corrected chi connectivity index (χ4v) is 1.52. The largest absolute Gasteiger partial charge is 0.486 e. The summed E-state index contributed by atoms with van der Waals surface area (Å²) < 4.78 is 18.8. The van der Waals surface area contributed by atoms with Crippen LogP contribution in [0.3, 0.4) is 0 Å². The number of aromatic nitrogens is 1. The van der Waals surface area contributed by atoms with Gasteiger partial charge in [0.05, 0.1) is 11.0 Å². The average molecular weight is 278 g/mol. The first-order valence-electron chi connectivity index (χ1n) is 5.58. The lowest BCUT2D eigenvalue weighted by molar-refractivity contribution is -0.385. The summed E-state index contributed by atoms with van der Waals surface area (Å²) in [5.41, 5.74) is 2.78. The second-order valence-electron chi connectivity index (χ2n) is 3.85. The Kier molecular flexibility index (Phi) is 4.06. The van der Waals surface area contributed by atoms with Gasteiger partial charge >= 0.3 is 0 Å². The Morgan fingerprint density at radius 2 is 2.20 bits per heavy atom. The number of anilines is 1. The molecule has 0 aliphatic heterocycles. The van der Waals surface area contributed by atoms with Crippen LogP contribution in [0, 0.1) is 15.9 Å². The first-order chi connectivity index (χ1) is 9.60. The van der Waals surface area contributed by atoms with Gasteiger partial charge in [-0.3, -0.25) is 10.1 Å². The van der Waals surface area contributed by atoms with Crippen molar-refractivity contribution in [3.8, 4) is 5.75 Å². The third kappa shape index (κ3) is 3.18. The van der Waals surface area contributed by atoms with Gasteiger partial charge in [-0.15, -0.1) is 0 Å². The molecule has 7 nitrogen and oxygen atoms in total. The minimum absolute atomic E-state index is 0.0605. The summed E-state index contributed by atoms with van der Waals surface area (Å²) in [7, 11) is 0. The van der Waals surface area contributed by atoms with Crippen molar-refractivity contribution in [3.05, 3.63) is 58.0 Å². The standard InChI is InChI=1S/C12H11FN4O3/c13-10-6-9(17(18)19)1-2-11(10)20-7-8-3-4-15-12(5-8)16-14/h1-6H,7,14H2,(H,15,16). The second kappa shape index (κ2) is 5.93. The number of nitrogens with two attached hydrogens (primary N) is 1. The molecule has 0 radical (unpaired) electrons. The topological polar surface area (TPSA) is 103 Å². The summed E-state index contributed by atoms with van der Waals surface area (Å²) in [6, 6.07) is 6.54. The highest BCUT2D eigenvalue weighted by atomic mass is 19.1. The van der Waals surface area contributed by atoms with Crippen molar-refractivity contribution in [1.82, 2.24) is 4.98 Å². The van der Waals surface area contributed by atoms with Crippen molar-refractivity contribution in [3.63, 3.8) is 0 Å². The number of non-ortho nitro benzene ring substituents is 1. The molecule has 0 fully saturated rings. The fraction of sp³-hybridized carbons (Fsp3) is 0.0833. The quantitative estimate of drug-likeness (QED) is 0.492. The molecule has 20 heavy (non-hydrogen) atoms. The van der Waals surface area contributed by atoms with E-state index in [1.807, 2.05) is 0 Å². The van der Waals surface area contributed by atoms with E-state index < -0.39 is 10.7 Å². The summed E-state index contributed by atoms with van der Waals surface area (Å²) in [5, 5.41) is 10.5. The van der Waals surface area contributed by atoms with Gasteiger partial charge in [0.1, 0.15) is 12.4 Å². The first kappa shape index (κ1) is 13.7. The second-order valence-corrected chi connectivity index (χ2v) is 3.85. The highest BCUT2D eigenvalue weighted by Crippen LogP contribution is 2.23. The summed E-state index contributed by atoms with van der Waals surface area (Å²) in [5.74, 6) is 4.82. The molecule has 0 amide bonds. The number of nitrogen functional groups attached to an aromatic ring is 1. The van der Waals surface area contributed by atoms with Crippen molar-refractivity contribution < 1.29 is 14.1 Å². The van der Waals surface area contributed by atoms with Gasteiger partial charge in [-0.1, -0.05) is 0 Å². The maximum atomic E-state index is 13.6. The number of hydrogen-bond donors (Lipinski definition) is 2. The van der Waals surface area contributed by atoms with Gasteiger partial charge in [0.15, 0.2) is 11.6 Å². The molecule has 0 spiro atoms. The SMILES string of the molecule is NNc1cc(COc2ccc([N+](=O)[O-])cc2F)ccn1. The fourth-order valence-electron chi connectivity index (χ4n) is 1.52. The van der Waals surface area contributed by atoms with Gasteiger partial charge in [-0.05, 0) is 23.8 Å². The number of nitro benzene ring substituents is 1. The van der Waals surface area contributed by atoms with E-state index in [1.165, 1.54) is 18.3 Å². The van der Waals surface area contributed by atoms with E-state index in [2.05, 4.69) is 10.4 Å². The summed E-state index contributed by atoms with van der Waals surface area (Å²) >= 11 is 0. The molecule has 0 bridgehead atoms. The van der Waals surface area contributed by atoms with Crippen LogP contribution in [0.15, 0.2) is 36.5 Å². The number of rotatable bonds is 5. The predicted molar refractivity (Wildman–Crippen MR) is 69.4 cm³/mol. The van der Waals surface area contributed by atoms with E-state index in [4.69, 9.17) is 10.6 Å². The van der Waals surface area contributed by atoms with Crippen LogP contribution in [0.2, 0.25) is 0 Å². The molecule has 8 heteroatoms. The molecular formula is C12H11FN4O3. The Morgan fingerprint density at radius 3 is 2.85 bits per heavy atom. The zero-order valence-electron chi connectivity index (χ0n) is 10.2. The number of nitrogens with one attached hydrogen (secondary N) is 1. The van der Waals surface area contributed by atoms with Crippen LogP contribution in [0.5, 0.6) is 5.75 Å². The maximum Gasteiger partial charge on any atom is 0.272 e. The normalized spacial score (nSPS) is 10.1. The van der Waals surface area contributed by atoms with Crippen molar-refractivity contribution in [2.24, 2.45) is 5.84 Å². The van der Waals surface area contributed by atoms with E-state index in [1.54, 1.807) is 12.1 Å². The lowest BCUT2D eigenvalue weighted by Gasteiger charge is -2.08. The first-order valence-corrected chi connectivity index (χ1v) is 5.58. The third-order valence-electron chi connectivity index (χ3n) is 2.49. The van der Waals surface area contributed by atoms with Gasteiger partial charge < -0.3 is 10.2 Å². The molecule has 1 aromatic heterocycles. The molecule has 1 heterocycles. The number of ether oxygens (including phenoxy) is 1. The van der Waals surface area contributed by atoms with Crippen molar-refractivity contribution >= 4 is 11.5 Å². The highest BCUT2D eigenvalue weighted by molar-refractivity contribution is 5.38. The van der Waals surface area contributed by atoms with Crippen LogP contribution in [0.4, 0.5) is 15.9 Å². The Balaban J connectivity index is 2.08. The molecule has 0 unspecified atom stereocenters. The molecule has 0 saturated heterocycles. The molecule has 104 valence electrons. The van der Waals surface area contributed by atoms with E-state index in [-0.39, 0.29) is 18.0 Å². The summed E-state index contributed by atoms with van der Waals surface area (Å²) in [6.45, 7) is 0.0892. The average Bonchev–Trinajstić information content (AvgIpc) is 2.46. The van der Waals surface area contributed by atoms with E-state index in [0.717, 1.165) is 11.6 Å². The molecule has 2 rings (SSSR count). The number of pyridine rings is 1. The molecule has 0 saturated carbocycles. The predicted octanol–water partition coefficient (Wildman–Crippen LogP) is 1.99. The summed E-state index contributed by atoms with van der Waals surface area (Å²) in [6.07, 6.45) is 1.53. The smallest absolute Gasteiger partial charge is 0.272 e. The van der Waals surface area contributed by atoms with Crippen molar-refractivity contribution in [2.45, 2.75) is 6.61 Å². The van der Waals surface area contributed by atoms with Crippen LogP contribution < -0.4 is 16.0 Å². The lowest BCUT2D eigenvalue weighted by Crippen LogP contribution is -2.09. The third-order valence-corrected chi connectivity index (χ3v) is 2.49. The minimum atomic E-state index is -0.787. The van der Waals surface area contributed by atoms with Crippen LogP contribution in [0.25, 0.3) is 0 Å². The number of nitro groups is 1. The van der Waals surface area contributed by atoms with Gasteiger partial charge in [0.2, 0.25) is 0 Å². The van der Waals surface area contributed by atoms with E-state index in [9.17, 15) is 14.5 Å². The van der Waals surface area contributed by atoms with Crippen LogP contribution in [-0.4, -0.2) is 9.91 Å². The molecule has 3 N–H and O–H groups in total. The van der Waals surface area contributed by atoms with Gasteiger partial charge in [-0.2, -0.15) is 0 Å². The number of hydrogen-bond acceptors (Lipinski definition) is 6. The van der Waals surface area contributed by atoms with Crippen molar-refractivity contribution in [2.75, 3.05) is 5.43 Å². The minimum Gasteiger partial charge on any atom is -0.486 e. The van der Waals surface area contributed by atoms with E-state index >= 15 is 0 Å². The molecule has 2 aromatic rings. The summed E-state index contributed by atoms with van der Waals surface area (Å²) in [4.78, 5) is 13.7. The highest BCUT2D eigenvalue weighted by Gasteiger charge is 2.11. The monoisotopic (exact) mass is 278 g/mol. The molecule has 0 atom stereocenters. The molecular weight excluding hydrogens is 267 g/mol. The van der Waals surface area contributed by atoms with Gasteiger partial charge in [-0.25, -0.2) is 15.2 Å². The van der Waals surface area contributed by atoms with Crippen LogP contribution >= 0.6 is 0 Å². The van der Waals surface area contributed by atoms with E-state index in [0.29, 0.717) is 5.82 Å². The van der Waals surface area contributed by atoms with Crippen LogP contribution in [0.1, 0.15) is 5.56 Å². The maximum absolute atomic E-state index is 13.6. The number of halogens is 1.